The third-order valence-electron chi connectivity index (χ3n) is 3.46. The maximum Gasteiger partial charge on any atom is 0.0807 e. The maximum atomic E-state index is 5.60. The molecule has 3 N–H and O–H groups in total. The summed E-state index contributed by atoms with van der Waals surface area (Å²) in [4.78, 5) is 0. The van der Waals surface area contributed by atoms with Crippen molar-refractivity contribution in [3.63, 3.8) is 0 Å². The smallest absolute Gasteiger partial charge is 0.0807 e. The summed E-state index contributed by atoms with van der Waals surface area (Å²) >= 11 is 0. The number of nitrogens with one attached hydrogen (secondary N) is 1. The molecule has 0 radical (unpaired) electrons. The quantitative estimate of drug-likeness (QED) is 0.576. The van der Waals surface area contributed by atoms with Crippen molar-refractivity contribution in [2.24, 2.45) is 18.8 Å². The average Bonchev–Trinajstić information content (AvgIpc) is 2.68. The monoisotopic (exact) mass is 238 g/mol. The molecule has 1 fully saturated rings. The van der Waals surface area contributed by atoms with Gasteiger partial charge in [0.05, 0.1) is 17.8 Å². The van der Waals surface area contributed by atoms with Gasteiger partial charge in [-0.1, -0.05) is 0 Å². The zero-order valence-electron chi connectivity index (χ0n) is 10.6. The molecule has 96 valence electrons. The molecule has 0 aliphatic heterocycles. The Balaban J connectivity index is 1.81. The first-order chi connectivity index (χ1) is 8.22. The highest BCUT2D eigenvalue weighted by Crippen LogP contribution is 2.36. The maximum absolute atomic E-state index is 5.60. The number of nitrogens with two attached hydrogens (primary N) is 1. The van der Waals surface area contributed by atoms with Crippen molar-refractivity contribution in [2.45, 2.75) is 38.3 Å². The van der Waals surface area contributed by atoms with Crippen LogP contribution in [0.15, 0.2) is 12.3 Å². The highest BCUT2D eigenvalue weighted by Gasteiger charge is 2.32. The summed E-state index contributed by atoms with van der Waals surface area (Å²) in [7, 11) is 1.92. The summed E-state index contributed by atoms with van der Waals surface area (Å²) in [5, 5.41) is 4.39. The topological polar surface area (TPSA) is 65.1 Å². The van der Waals surface area contributed by atoms with E-state index in [1.54, 1.807) is 0 Å². The first-order valence-corrected chi connectivity index (χ1v) is 6.30. The second-order valence-corrected chi connectivity index (χ2v) is 4.78. The van der Waals surface area contributed by atoms with E-state index in [9.17, 15) is 0 Å². The molecular weight excluding hydrogens is 216 g/mol. The van der Waals surface area contributed by atoms with Gasteiger partial charge in [-0.2, -0.15) is 5.10 Å². The van der Waals surface area contributed by atoms with E-state index in [-0.39, 0.29) is 6.04 Å². The van der Waals surface area contributed by atoms with Gasteiger partial charge in [0.25, 0.3) is 0 Å². The van der Waals surface area contributed by atoms with E-state index in [1.807, 2.05) is 30.9 Å². The third-order valence-corrected chi connectivity index (χ3v) is 3.46. The van der Waals surface area contributed by atoms with E-state index in [1.165, 1.54) is 0 Å². The average molecular weight is 238 g/mol. The molecule has 1 heterocycles. The molecule has 2 rings (SSSR count). The Morgan fingerprint density at radius 2 is 2.41 bits per heavy atom. The Morgan fingerprint density at radius 1 is 1.65 bits per heavy atom. The molecule has 5 heteroatoms. The van der Waals surface area contributed by atoms with Crippen molar-refractivity contribution < 1.29 is 4.74 Å². The van der Waals surface area contributed by atoms with Crippen LogP contribution in [0.2, 0.25) is 0 Å². The van der Waals surface area contributed by atoms with Gasteiger partial charge in [-0.3, -0.25) is 16.0 Å². The number of ether oxygens (including phenoxy) is 1. The number of hydrogen-bond acceptors (Lipinski definition) is 4. The van der Waals surface area contributed by atoms with E-state index < -0.39 is 0 Å². The first-order valence-electron chi connectivity index (χ1n) is 6.30. The molecule has 1 aromatic rings. The summed E-state index contributed by atoms with van der Waals surface area (Å²) in [5.41, 5.74) is 3.88. The number of aromatic nitrogens is 2. The number of hydrazine groups is 1. The Bertz CT molecular complexity index is 346. The standard InChI is InChI=1S/C12H22N4O/c1-3-17-10-6-9(7-10)8-12(14-13)11-4-5-16(2)15-11/h4-5,9-10,12,14H,3,6-8,13H2,1-2H3. The van der Waals surface area contributed by atoms with Crippen LogP contribution in [0.3, 0.4) is 0 Å². The predicted octanol–water partition coefficient (Wildman–Crippen LogP) is 1.13. The van der Waals surface area contributed by atoms with E-state index in [4.69, 9.17) is 10.6 Å². The van der Waals surface area contributed by atoms with E-state index in [0.717, 1.165) is 31.6 Å². The Hall–Kier alpha value is -0.910. The van der Waals surface area contributed by atoms with Crippen LogP contribution >= 0.6 is 0 Å². The molecule has 0 aromatic carbocycles. The van der Waals surface area contributed by atoms with Gasteiger partial charge >= 0.3 is 0 Å². The molecule has 1 atom stereocenters. The van der Waals surface area contributed by atoms with Crippen molar-refractivity contribution in [2.75, 3.05) is 6.61 Å². The minimum Gasteiger partial charge on any atom is -0.378 e. The lowest BCUT2D eigenvalue weighted by Crippen LogP contribution is -2.36. The molecule has 17 heavy (non-hydrogen) atoms. The fraction of sp³-hybridized carbons (Fsp3) is 0.750. The molecule has 1 unspecified atom stereocenters. The molecular formula is C12H22N4O. The fourth-order valence-electron chi connectivity index (χ4n) is 2.47. The Labute approximate surface area is 102 Å². The molecule has 0 amide bonds. The lowest BCUT2D eigenvalue weighted by Gasteiger charge is -2.36. The summed E-state index contributed by atoms with van der Waals surface area (Å²) in [6.45, 7) is 2.86. The number of nitrogens with zero attached hydrogens (tertiary/aromatic N) is 2. The zero-order valence-corrected chi connectivity index (χ0v) is 10.6. The van der Waals surface area contributed by atoms with Crippen LogP contribution in [0, 0.1) is 5.92 Å². The fourth-order valence-corrected chi connectivity index (χ4v) is 2.47. The molecule has 1 aliphatic rings. The highest BCUT2D eigenvalue weighted by atomic mass is 16.5. The molecule has 1 aromatic heterocycles. The van der Waals surface area contributed by atoms with Crippen LogP contribution < -0.4 is 11.3 Å². The SMILES string of the molecule is CCOC1CC(CC(NN)c2ccn(C)n2)C1. The van der Waals surface area contributed by atoms with Crippen molar-refractivity contribution in [1.29, 1.82) is 0 Å². The highest BCUT2D eigenvalue weighted by molar-refractivity contribution is 5.06. The Kier molecular flexibility index (Phi) is 4.15. The van der Waals surface area contributed by atoms with Gasteiger partial charge in [0, 0.05) is 19.9 Å². The van der Waals surface area contributed by atoms with Gasteiger partial charge in [0.2, 0.25) is 0 Å². The third kappa shape index (κ3) is 3.06. The van der Waals surface area contributed by atoms with E-state index >= 15 is 0 Å². The lowest BCUT2D eigenvalue weighted by atomic mass is 9.78. The number of hydrogen-bond donors (Lipinski definition) is 2. The van der Waals surface area contributed by atoms with Gasteiger partial charge in [-0.05, 0) is 38.2 Å². The van der Waals surface area contributed by atoms with Crippen LogP contribution in [0.4, 0.5) is 0 Å². The van der Waals surface area contributed by atoms with Crippen LogP contribution in [0.1, 0.15) is 37.9 Å². The van der Waals surface area contributed by atoms with Crippen molar-refractivity contribution in [3.8, 4) is 0 Å². The van der Waals surface area contributed by atoms with Crippen molar-refractivity contribution in [1.82, 2.24) is 15.2 Å². The minimum atomic E-state index is 0.156. The largest absolute Gasteiger partial charge is 0.378 e. The van der Waals surface area contributed by atoms with Crippen LogP contribution in [0.5, 0.6) is 0 Å². The van der Waals surface area contributed by atoms with Gasteiger partial charge in [0.15, 0.2) is 0 Å². The van der Waals surface area contributed by atoms with Gasteiger partial charge in [-0.15, -0.1) is 0 Å². The van der Waals surface area contributed by atoms with Crippen LogP contribution in [0.25, 0.3) is 0 Å². The lowest BCUT2D eigenvalue weighted by molar-refractivity contribution is -0.0292. The van der Waals surface area contributed by atoms with Gasteiger partial charge in [0.1, 0.15) is 0 Å². The van der Waals surface area contributed by atoms with Crippen molar-refractivity contribution >= 4 is 0 Å². The second kappa shape index (κ2) is 5.62. The molecule has 0 saturated heterocycles. The molecule has 1 aliphatic carbocycles. The van der Waals surface area contributed by atoms with Crippen molar-refractivity contribution in [3.05, 3.63) is 18.0 Å². The van der Waals surface area contributed by atoms with E-state index in [2.05, 4.69) is 10.5 Å². The number of aryl methyl sites for hydroxylation is 1. The van der Waals surface area contributed by atoms with Crippen LogP contribution in [-0.4, -0.2) is 22.5 Å². The second-order valence-electron chi connectivity index (χ2n) is 4.78. The molecule has 0 bridgehead atoms. The normalized spacial score (nSPS) is 25.6. The minimum absolute atomic E-state index is 0.156. The summed E-state index contributed by atoms with van der Waals surface area (Å²) in [6.07, 6.45) is 5.75. The Morgan fingerprint density at radius 3 is 2.94 bits per heavy atom. The van der Waals surface area contributed by atoms with Gasteiger partial charge in [-0.25, -0.2) is 0 Å². The summed E-state index contributed by atoms with van der Waals surface area (Å²) in [6, 6.07) is 2.17. The van der Waals surface area contributed by atoms with E-state index in [0.29, 0.717) is 12.0 Å². The number of rotatable bonds is 6. The molecule has 1 saturated carbocycles. The molecule has 0 spiro atoms. The van der Waals surface area contributed by atoms with Crippen LogP contribution in [-0.2, 0) is 11.8 Å². The zero-order chi connectivity index (χ0) is 12.3. The summed E-state index contributed by atoms with van der Waals surface area (Å²) in [5.74, 6) is 6.31. The first kappa shape index (κ1) is 12.5. The predicted molar refractivity (Wildman–Crippen MR) is 66.0 cm³/mol. The summed E-state index contributed by atoms with van der Waals surface area (Å²) < 4.78 is 7.37. The van der Waals surface area contributed by atoms with Gasteiger partial charge < -0.3 is 4.74 Å². The molecule has 5 nitrogen and oxygen atoms in total.